The molecule has 25 heavy (non-hydrogen) atoms. The molecule has 0 saturated carbocycles. The highest BCUT2D eigenvalue weighted by Gasteiger charge is 2.31. The van der Waals surface area contributed by atoms with Gasteiger partial charge in [-0.1, -0.05) is 11.6 Å². The second-order valence-corrected chi connectivity index (χ2v) is 5.91. The second-order valence-electron chi connectivity index (χ2n) is 5.47. The summed E-state index contributed by atoms with van der Waals surface area (Å²) < 4.78 is 44.0. The van der Waals surface area contributed by atoms with Crippen molar-refractivity contribution in [2.24, 2.45) is 0 Å². The normalized spacial score (nSPS) is 12.5. The van der Waals surface area contributed by atoms with Crippen LogP contribution < -0.4 is 10.3 Å². The third kappa shape index (κ3) is 4.34. The molecule has 0 aliphatic rings. The minimum atomic E-state index is -4.40. The number of aromatic nitrogens is 1. The summed E-state index contributed by atoms with van der Waals surface area (Å²) >= 11 is 5.95. The van der Waals surface area contributed by atoms with Gasteiger partial charge in [-0.3, -0.25) is 4.79 Å². The van der Waals surface area contributed by atoms with Gasteiger partial charge in [-0.2, -0.15) is 18.4 Å². The van der Waals surface area contributed by atoms with Gasteiger partial charge in [0.2, 0.25) is 0 Å². The molecule has 1 unspecified atom stereocenters. The first kappa shape index (κ1) is 18.9. The maximum atomic E-state index is 12.6. The number of methoxy groups -OCH3 is 1. The Morgan fingerprint density at radius 2 is 2.00 bits per heavy atom. The van der Waals surface area contributed by atoms with Gasteiger partial charge in [-0.25, -0.2) is 0 Å². The number of pyridine rings is 1. The van der Waals surface area contributed by atoms with E-state index in [-0.39, 0.29) is 11.3 Å². The van der Waals surface area contributed by atoms with E-state index in [9.17, 15) is 23.2 Å². The molecule has 8 heteroatoms. The summed E-state index contributed by atoms with van der Waals surface area (Å²) in [6.45, 7) is 1.30. The summed E-state index contributed by atoms with van der Waals surface area (Å²) in [5.41, 5.74) is 0.307. The van der Waals surface area contributed by atoms with Crippen LogP contribution in [0.15, 0.2) is 35.3 Å². The van der Waals surface area contributed by atoms with Crippen LogP contribution in [0.4, 0.5) is 13.2 Å². The number of halogens is 4. The number of alkyl halides is 3. The Bertz CT molecular complexity index is 885. The largest absolute Gasteiger partial charge is 0.495 e. The van der Waals surface area contributed by atoms with E-state index < -0.39 is 24.2 Å². The quantitative estimate of drug-likeness (QED) is 0.792. The van der Waals surface area contributed by atoms with Gasteiger partial charge < -0.3 is 9.30 Å². The third-order valence-corrected chi connectivity index (χ3v) is 3.89. The van der Waals surface area contributed by atoms with Crippen molar-refractivity contribution < 1.29 is 17.9 Å². The number of ether oxygens (including phenoxy) is 1. The van der Waals surface area contributed by atoms with Crippen LogP contribution in [-0.2, 0) is 0 Å². The van der Waals surface area contributed by atoms with Crippen molar-refractivity contribution in [2.75, 3.05) is 7.11 Å². The molecule has 0 radical (unpaired) electrons. The van der Waals surface area contributed by atoms with Crippen LogP contribution in [0.3, 0.4) is 0 Å². The molecule has 1 atom stereocenters. The van der Waals surface area contributed by atoms with Crippen molar-refractivity contribution in [3.63, 3.8) is 0 Å². The molecule has 0 aliphatic heterocycles. The highest BCUT2D eigenvalue weighted by atomic mass is 35.5. The number of nitrogens with zero attached hydrogens (tertiary/aromatic N) is 2. The minimum Gasteiger partial charge on any atom is -0.495 e. The zero-order chi connectivity index (χ0) is 18.8. The maximum Gasteiger partial charge on any atom is 0.391 e. The topological polar surface area (TPSA) is 55.0 Å². The van der Waals surface area contributed by atoms with Crippen molar-refractivity contribution in [2.45, 2.75) is 25.6 Å². The Morgan fingerprint density at radius 1 is 1.32 bits per heavy atom. The van der Waals surface area contributed by atoms with E-state index in [1.807, 2.05) is 6.07 Å². The summed E-state index contributed by atoms with van der Waals surface area (Å²) in [5, 5.41) is 9.58. The lowest BCUT2D eigenvalue weighted by Crippen LogP contribution is -2.26. The molecular weight excluding hydrogens is 357 g/mol. The van der Waals surface area contributed by atoms with Crippen LogP contribution in [0.5, 0.6) is 5.75 Å². The SMILES string of the molecule is COc1cn(C(C)CC(F)(F)F)c(=O)cc1-c1cc(Cl)ccc1C#N. The molecule has 2 rings (SSSR count). The van der Waals surface area contributed by atoms with E-state index in [0.717, 1.165) is 10.6 Å². The highest BCUT2D eigenvalue weighted by molar-refractivity contribution is 6.31. The van der Waals surface area contributed by atoms with Crippen molar-refractivity contribution in [3.8, 4) is 22.9 Å². The predicted octanol–water partition coefficient (Wildman–Crippen LogP) is 4.56. The number of nitriles is 1. The molecule has 1 heterocycles. The lowest BCUT2D eigenvalue weighted by molar-refractivity contribution is -0.141. The second kappa shape index (κ2) is 7.19. The average Bonchev–Trinajstić information content (AvgIpc) is 2.52. The molecular formula is C17H14ClF3N2O2. The molecule has 0 amide bonds. The Balaban J connectivity index is 2.61. The predicted molar refractivity (Wildman–Crippen MR) is 87.8 cm³/mol. The lowest BCUT2D eigenvalue weighted by Gasteiger charge is -2.19. The van der Waals surface area contributed by atoms with E-state index in [2.05, 4.69) is 0 Å². The third-order valence-electron chi connectivity index (χ3n) is 3.66. The van der Waals surface area contributed by atoms with E-state index in [1.54, 1.807) is 0 Å². The van der Waals surface area contributed by atoms with Gasteiger partial charge in [-0.05, 0) is 25.1 Å². The maximum absolute atomic E-state index is 12.6. The van der Waals surface area contributed by atoms with Gasteiger partial charge in [0.1, 0.15) is 5.75 Å². The average molecular weight is 371 g/mol. The molecule has 2 aromatic rings. The van der Waals surface area contributed by atoms with Crippen LogP contribution in [0.2, 0.25) is 5.02 Å². The van der Waals surface area contributed by atoms with Crippen LogP contribution in [-0.4, -0.2) is 17.9 Å². The summed E-state index contributed by atoms with van der Waals surface area (Å²) in [5.74, 6) is 0.174. The van der Waals surface area contributed by atoms with E-state index in [1.165, 1.54) is 38.4 Å². The molecule has 0 saturated heterocycles. The summed E-state index contributed by atoms with van der Waals surface area (Å²) in [7, 11) is 1.33. The fourth-order valence-corrected chi connectivity index (χ4v) is 2.69. The molecule has 132 valence electrons. The zero-order valence-corrected chi connectivity index (χ0v) is 14.1. The van der Waals surface area contributed by atoms with Crippen molar-refractivity contribution in [1.29, 1.82) is 5.26 Å². The lowest BCUT2D eigenvalue weighted by atomic mass is 10.0. The van der Waals surface area contributed by atoms with Gasteiger partial charge in [0.25, 0.3) is 5.56 Å². The van der Waals surface area contributed by atoms with Gasteiger partial charge in [0, 0.05) is 28.3 Å². The fraction of sp³-hybridized carbons (Fsp3) is 0.294. The van der Waals surface area contributed by atoms with Gasteiger partial charge in [0.05, 0.1) is 31.4 Å². The number of rotatable bonds is 4. The standard InChI is InChI=1S/C17H14ClF3N2O2/c1-10(7-17(19,20)21)23-9-15(25-2)14(6-16(23)24)13-5-12(18)4-3-11(13)8-22/h3-6,9-10H,7H2,1-2H3. The summed E-state index contributed by atoms with van der Waals surface area (Å²) in [6, 6.07) is 6.57. The van der Waals surface area contributed by atoms with Crippen LogP contribution >= 0.6 is 11.6 Å². The molecule has 0 aliphatic carbocycles. The first-order chi connectivity index (χ1) is 11.7. The Kier molecular flexibility index (Phi) is 5.43. The molecule has 0 fully saturated rings. The molecule has 0 N–H and O–H groups in total. The van der Waals surface area contributed by atoms with Crippen molar-refractivity contribution in [3.05, 3.63) is 51.4 Å². The Labute approximate surface area is 147 Å². The molecule has 4 nitrogen and oxygen atoms in total. The number of hydrogen-bond acceptors (Lipinski definition) is 3. The van der Waals surface area contributed by atoms with Gasteiger partial charge in [-0.15, -0.1) is 0 Å². The molecule has 1 aromatic carbocycles. The van der Waals surface area contributed by atoms with Gasteiger partial charge in [0.15, 0.2) is 0 Å². The van der Waals surface area contributed by atoms with Crippen LogP contribution in [0.25, 0.3) is 11.1 Å². The van der Waals surface area contributed by atoms with Gasteiger partial charge >= 0.3 is 6.18 Å². The summed E-state index contributed by atoms with van der Waals surface area (Å²) in [6.07, 6.45) is -4.32. The van der Waals surface area contributed by atoms with E-state index in [4.69, 9.17) is 16.3 Å². The Morgan fingerprint density at radius 3 is 2.56 bits per heavy atom. The van der Waals surface area contributed by atoms with Crippen LogP contribution in [0.1, 0.15) is 24.9 Å². The first-order valence-electron chi connectivity index (χ1n) is 7.23. The number of benzene rings is 1. The van der Waals surface area contributed by atoms with E-state index in [0.29, 0.717) is 16.1 Å². The highest BCUT2D eigenvalue weighted by Crippen LogP contribution is 2.34. The first-order valence-corrected chi connectivity index (χ1v) is 7.61. The summed E-state index contributed by atoms with van der Waals surface area (Å²) in [4.78, 5) is 12.3. The molecule has 0 spiro atoms. The Hall–Kier alpha value is -2.46. The molecule has 0 bridgehead atoms. The minimum absolute atomic E-state index is 0.174. The smallest absolute Gasteiger partial charge is 0.391 e. The van der Waals surface area contributed by atoms with Crippen LogP contribution in [0, 0.1) is 11.3 Å². The fourth-order valence-electron chi connectivity index (χ4n) is 2.52. The monoisotopic (exact) mass is 370 g/mol. The zero-order valence-electron chi connectivity index (χ0n) is 13.4. The van der Waals surface area contributed by atoms with Crippen molar-refractivity contribution in [1.82, 2.24) is 4.57 Å². The van der Waals surface area contributed by atoms with Crippen molar-refractivity contribution >= 4 is 11.6 Å². The van der Waals surface area contributed by atoms with E-state index >= 15 is 0 Å². The molecule has 1 aromatic heterocycles. The number of hydrogen-bond donors (Lipinski definition) is 0.